The number of methoxy groups -OCH3 is 2. The number of halogens is 1. The highest BCUT2D eigenvalue weighted by Crippen LogP contribution is 2.37. The predicted molar refractivity (Wildman–Crippen MR) is 167 cm³/mol. The molecule has 3 aromatic carbocycles. The lowest BCUT2D eigenvalue weighted by Crippen LogP contribution is -2.39. The molecule has 0 bridgehead atoms. The van der Waals surface area contributed by atoms with E-state index in [4.69, 9.17) is 30.5 Å². The summed E-state index contributed by atoms with van der Waals surface area (Å²) in [6, 6.07) is 17.6. The zero-order chi connectivity index (χ0) is 30.7. The topological polar surface area (TPSA) is 88.3 Å². The van der Waals surface area contributed by atoms with Gasteiger partial charge in [0.2, 0.25) is 0 Å². The second-order valence-corrected chi connectivity index (χ2v) is 11.2. The molecule has 0 aliphatic carbocycles. The van der Waals surface area contributed by atoms with E-state index >= 15 is 0 Å². The highest BCUT2D eigenvalue weighted by atomic mass is 35.5. The van der Waals surface area contributed by atoms with Gasteiger partial charge in [0.25, 0.3) is 5.56 Å². The van der Waals surface area contributed by atoms with Crippen LogP contribution < -0.4 is 33.8 Å². The van der Waals surface area contributed by atoms with E-state index in [1.54, 1.807) is 43.9 Å². The molecule has 5 rings (SSSR count). The number of ketones is 1. The van der Waals surface area contributed by atoms with Crippen LogP contribution in [0, 0.1) is 0 Å². The number of nitrogens with zero attached hydrogens (tertiary/aromatic N) is 2. The Balaban J connectivity index is 1.58. The molecule has 2 heterocycles. The smallest absolute Gasteiger partial charge is 0.271 e. The molecule has 0 N–H and O–H groups in total. The van der Waals surface area contributed by atoms with Gasteiger partial charge in [-0.25, -0.2) is 4.99 Å². The molecule has 1 aliphatic rings. The van der Waals surface area contributed by atoms with Crippen LogP contribution in [0.2, 0.25) is 5.02 Å². The molecule has 222 valence electrons. The highest BCUT2D eigenvalue weighted by Gasteiger charge is 2.32. The van der Waals surface area contributed by atoms with Gasteiger partial charge >= 0.3 is 0 Å². The van der Waals surface area contributed by atoms with E-state index in [0.717, 1.165) is 11.1 Å². The first-order valence-corrected chi connectivity index (χ1v) is 14.8. The van der Waals surface area contributed by atoms with Crippen LogP contribution in [0.25, 0.3) is 6.08 Å². The van der Waals surface area contributed by atoms with Gasteiger partial charge in [-0.2, -0.15) is 0 Å². The predicted octanol–water partition coefficient (Wildman–Crippen LogP) is 5.47. The van der Waals surface area contributed by atoms with Gasteiger partial charge in [0.05, 0.1) is 31.4 Å². The largest absolute Gasteiger partial charge is 0.497 e. The molecule has 1 aromatic heterocycles. The fraction of sp³-hybridized carbons (Fsp3) is 0.242. The molecule has 1 aliphatic heterocycles. The van der Waals surface area contributed by atoms with Crippen molar-refractivity contribution < 1.29 is 23.7 Å². The van der Waals surface area contributed by atoms with Crippen molar-refractivity contribution in [3.8, 4) is 23.0 Å². The maximum Gasteiger partial charge on any atom is 0.271 e. The summed E-state index contributed by atoms with van der Waals surface area (Å²) in [6.45, 7) is 5.88. The maximum atomic E-state index is 14.0. The molecular weight excluding hydrogens is 588 g/mol. The Morgan fingerprint density at radius 2 is 1.81 bits per heavy atom. The second-order valence-electron chi connectivity index (χ2n) is 9.77. The number of carbonyl (C=O) groups excluding carboxylic acids is 1. The van der Waals surface area contributed by atoms with E-state index in [-0.39, 0.29) is 17.9 Å². The van der Waals surface area contributed by atoms with Crippen molar-refractivity contribution in [2.45, 2.75) is 33.4 Å². The number of thiazole rings is 1. The van der Waals surface area contributed by atoms with Crippen molar-refractivity contribution in [3.05, 3.63) is 113 Å². The molecule has 4 aromatic rings. The summed E-state index contributed by atoms with van der Waals surface area (Å²) in [5.74, 6) is 2.04. The number of Topliss-reactive ketones (excluding diaryl/α,β-unsaturated/α-hetero) is 1. The van der Waals surface area contributed by atoms with Gasteiger partial charge in [-0.05, 0) is 62.7 Å². The minimum absolute atomic E-state index is 0.174. The van der Waals surface area contributed by atoms with Gasteiger partial charge in [0.15, 0.2) is 22.1 Å². The van der Waals surface area contributed by atoms with Gasteiger partial charge in [0.1, 0.15) is 18.1 Å². The maximum absolute atomic E-state index is 14.0. The van der Waals surface area contributed by atoms with Gasteiger partial charge in [-0.15, -0.1) is 0 Å². The zero-order valence-electron chi connectivity index (χ0n) is 24.5. The summed E-state index contributed by atoms with van der Waals surface area (Å²) in [6.07, 6.45) is 1.79. The number of hydrogen-bond donors (Lipinski definition) is 0. The molecule has 10 heteroatoms. The highest BCUT2D eigenvalue weighted by molar-refractivity contribution is 7.07. The SMILES string of the molecule is CCOc1cc(C=c2sc3n(c2=O)[C@H](c2ccc(OC)cc2OC)C(C(C)=O)=C(C)N=3)ccc1OCc1ccccc1Cl. The minimum atomic E-state index is -0.712. The molecule has 0 amide bonds. The third-order valence-corrected chi connectivity index (χ3v) is 8.39. The monoisotopic (exact) mass is 618 g/mol. The molecule has 43 heavy (non-hydrogen) atoms. The van der Waals surface area contributed by atoms with Crippen LogP contribution in [0.5, 0.6) is 23.0 Å². The molecule has 8 nitrogen and oxygen atoms in total. The zero-order valence-corrected chi connectivity index (χ0v) is 26.0. The Hall–Kier alpha value is -4.34. The number of fused-ring (bicyclic) bond motifs is 1. The van der Waals surface area contributed by atoms with E-state index in [2.05, 4.69) is 4.99 Å². The van der Waals surface area contributed by atoms with E-state index in [0.29, 0.717) is 60.8 Å². The minimum Gasteiger partial charge on any atom is -0.497 e. The number of rotatable bonds is 10. The van der Waals surface area contributed by atoms with Crippen LogP contribution in [0.15, 0.2) is 81.7 Å². The lowest BCUT2D eigenvalue weighted by Gasteiger charge is -2.26. The van der Waals surface area contributed by atoms with Crippen LogP contribution in [-0.2, 0) is 11.4 Å². The Morgan fingerprint density at radius 1 is 1.02 bits per heavy atom. The summed E-state index contributed by atoms with van der Waals surface area (Å²) in [5.41, 5.74) is 2.99. The van der Waals surface area contributed by atoms with E-state index < -0.39 is 6.04 Å². The van der Waals surface area contributed by atoms with Gasteiger partial charge in [0, 0.05) is 33.5 Å². The van der Waals surface area contributed by atoms with E-state index in [1.165, 1.54) is 18.3 Å². The average molecular weight is 619 g/mol. The molecule has 0 spiro atoms. The summed E-state index contributed by atoms with van der Waals surface area (Å²) in [7, 11) is 3.11. The lowest BCUT2D eigenvalue weighted by molar-refractivity contribution is -0.114. The Labute approximate surface area is 258 Å². The van der Waals surface area contributed by atoms with Crippen molar-refractivity contribution >= 4 is 34.8 Å². The molecule has 0 radical (unpaired) electrons. The summed E-state index contributed by atoms with van der Waals surface area (Å²) >= 11 is 7.55. The normalized spacial score (nSPS) is 14.7. The van der Waals surface area contributed by atoms with Crippen molar-refractivity contribution in [1.29, 1.82) is 0 Å². The Kier molecular flexibility index (Phi) is 9.03. The van der Waals surface area contributed by atoms with Crippen LogP contribution in [0.3, 0.4) is 0 Å². The number of benzene rings is 3. The van der Waals surface area contributed by atoms with Crippen LogP contribution in [0.1, 0.15) is 43.5 Å². The van der Waals surface area contributed by atoms with Crippen molar-refractivity contribution in [1.82, 2.24) is 4.57 Å². The fourth-order valence-electron chi connectivity index (χ4n) is 5.03. The van der Waals surface area contributed by atoms with E-state index in [1.807, 2.05) is 55.5 Å². The summed E-state index contributed by atoms with van der Waals surface area (Å²) in [5, 5.41) is 0.626. The quantitative estimate of drug-likeness (QED) is 0.234. The van der Waals surface area contributed by atoms with Crippen LogP contribution in [0.4, 0.5) is 0 Å². The third-order valence-electron chi connectivity index (χ3n) is 7.04. The standard InChI is InChI=1S/C33H31ClN2O6S/c1-6-41-28-15-21(11-14-26(28)42-18-22-9-7-8-10-25(22)34)16-29-32(38)36-31(24-13-12-23(39-4)17-27(24)40-5)30(20(3)37)19(2)35-33(36)43-29/h7-17,31H,6,18H2,1-5H3/t31-/m1/s1. The number of carbonyl (C=O) groups is 1. The first-order valence-electron chi connectivity index (χ1n) is 13.6. The Bertz CT molecular complexity index is 1910. The number of aromatic nitrogens is 1. The van der Waals surface area contributed by atoms with Crippen molar-refractivity contribution in [2.24, 2.45) is 4.99 Å². The summed E-state index contributed by atoms with van der Waals surface area (Å²) in [4.78, 5) is 32.0. The van der Waals surface area contributed by atoms with E-state index in [9.17, 15) is 9.59 Å². The first kappa shape index (κ1) is 30.1. The number of allylic oxidation sites excluding steroid dienone is 2. The molecular formula is C33H31ClN2O6S. The van der Waals surface area contributed by atoms with Crippen LogP contribution >= 0.6 is 22.9 Å². The third kappa shape index (κ3) is 6.09. The molecule has 0 saturated heterocycles. The Morgan fingerprint density at radius 3 is 2.51 bits per heavy atom. The molecule has 1 atom stereocenters. The number of ether oxygens (including phenoxy) is 4. The van der Waals surface area contributed by atoms with Gasteiger partial charge < -0.3 is 18.9 Å². The lowest BCUT2D eigenvalue weighted by atomic mass is 9.92. The van der Waals surface area contributed by atoms with Crippen LogP contribution in [-0.4, -0.2) is 31.2 Å². The van der Waals surface area contributed by atoms with Crippen molar-refractivity contribution in [2.75, 3.05) is 20.8 Å². The van der Waals surface area contributed by atoms with Gasteiger partial charge in [-0.1, -0.05) is 47.2 Å². The average Bonchev–Trinajstić information content (AvgIpc) is 3.30. The first-order chi connectivity index (χ1) is 20.7. The second kappa shape index (κ2) is 12.9. The molecule has 0 saturated carbocycles. The fourth-order valence-corrected chi connectivity index (χ4v) is 6.27. The molecule has 0 unspecified atom stereocenters. The molecule has 0 fully saturated rings. The van der Waals surface area contributed by atoms with Crippen molar-refractivity contribution in [3.63, 3.8) is 0 Å². The van der Waals surface area contributed by atoms with Gasteiger partial charge in [-0.3, -0.25) is 14.2 Å². The number of hydrogen-bond acceptors (Lipinski definition) is 8. The summed E-state index contributed by atoms with van der Waals surface area (Å²) < 4.78 is 25.0.